The first-order chi connectivity index (χ1) is 13.9. The van der Waals surface area contributed by atoms with Gasteiger partial charge in [-0.25, -0.2) is 9.78 Å². The van der Waals surface area contributed by atoms with Crippen molar-refractivity contribution in [2.24, 2.45) is 21.1 Å². The van der Waals surface area contributed by atoms with Crippen LogP contribution in [-0.2, 0) is 21.1 Å². The van der Waals surface area contributed by atoms with Gasteiger partial charge in [-0.1, -0.05) is 26.0 Å². The summed E-state index contributed by atoms with van der Waals surface area (Å²) in [5, 5.41) is 0. The van der Waals surface area contributed by atoms with E-state index in [2.05, 4.69) is 41.1 Å². The van der Waals surface area contributed by atoms with Crippen LogP contribution in [0, 0.1) is 0 Å². The molecule has 0 N–H and O–H groups in total. The summed E-state index contributed by atoms with van der Waals surface area (Å²) in [5.41, 5.74) is 1.67. The van der Waals surface area contributed by atoms with Crippen molar-refractivity contribution in [3.05, 3.63) is 63.7 Å². The first-order valence-electron chi connectivity index (χ1n) is 9.55. The number of likely N-dealkylation sites (tertiary alicyclic amines) is 1. The third-order valence-corrected chi connectivity index (χ3v) is 4.57. The molecule has 0 aliphatic carbocycles. The van der Waals surface area contributed by atoms with Gasteiger partial charge in [-0.2, -0.15) is 0 Å². The van der Waals surface area contributed by atoms with Crippen molar-refractivity contribution < 1.29 is 0 Å². The number of piperidine rings is 1. The van der Waals surface area contributed by atoms with E-state index in [0.717, 1.165) is 30.3 Å². The van der Waals surface area contributed by atoms with Crippen LogP contribution < -0.4 is 11.2 Å². The average Bonchev–Trinajstić information content (AvgIpc) is 3.14. The van der Waals surface area contributed by atoms with Crippen LogP contribution in [0.2, 0.25) is 0 Å². The van der Waals surface area contributed by atoms with Crippen molar-refractivity contribution in [3.8, 4) is 0 Å². The topological polar surface area (TPSA) is 65.1 Å². The van der Waals surface area contributed by atoms with Crippen molar-refractivity contribution >= 4 is 49.4 Å². The number of imidazole rings is 1. The normalized spacial score (nSPS) is 12.8. The van der Waals surface area contributed by atoms with Crippen LogP contribution in [-0.4, -0.2) is 63.9 Å². The maximum absolute atomic E-state index is 10.9. The Balaban J connectivity index is 0.000000403. The van der Waals surface area contributed by atoms with Gasteiger partial charge in [0.25, 0.3) is 5.56 Å². The van der Waals surface area contributed by atoms with E-state index in [9.17, 15) is 9.59 Å². The van der Waals surface area contributed by atoms with Crippen LogP contribution in [0.5, 0.6) is 0 Å². The van der Waals surface area contributed by atoms with Crippen LogP contribution in [0.25, 0.3) is 11.0 Å². The molecule has 2 aromatic heterocycles. The van der Waals surface area contributed by atoms with Gasteiger partial charge in [-0.3, -0.25) is 9.36 Å². The van der Waals surface area contributed by atoms with Crippen LogP contribution >= 0.6 is 18.1 Å². The molecule has 1 fully saturated rings. The molecule has 0 bridgehead atoms. The summed E-state index contributed by atoms with van der Waals surface area (Å²) in [4.78, 5) is 28.2. The van der Waals surface area contributed by atoms with Gasteiger partial charge in [0, 0.05) is 33.4 Å². The van der Waals surface area contributed by atoms with Crippen LogP contribution in [0.3, 0.4) is 0 Å². The number of hydrogen-bond donors (Lipinski definition) is 0. The van der Waals surface area contributed by atoms with Crippen molar-refractivity contribution in [2.45, 2.75) is 26.7 Å². The SMILES string of the molecule is C.CN1CCCCC1.Cn1ccc(=O)n(C)c1=O.Cn1cnc2ccccc21.[InH2][I]. The van der Waals surface area contributed by atoms with Crippen LogP contribution in [0.4, 0.5) is 0 Å². The fourth-order valence-electron chi connectivity index (χ4n) is 2.82. The average molecular weight is 631 g/mol. The number of nitrogens with zero attached hydrogens (tertiary/aromatic N) is 5. The van der Waals surface area contributed by atoms with E-state index < -0.39 is 0 Å². The molecule has 1 aromatic carbocycles. The predicted molar refractivity (Wildman–Crippen MR) is 138 cm³/mol. The zero-order valence-corrected chi connectivity index (χ0v) is 25.9. The molecule has 1 aliphatic rings. The second-order valence-electron chi connectivity index (χ2n) is 6.81. The Bertz CT molecular complexity index is 977. The van der Waals surface area contributed by atoms with Gasteiger partial charge in [-0.05, 0) is 45.1 Å². The van der Waals surface area contributed by atoms with Crippen molar-refractivity contribution in [1.29, 1.82) is 0 Å². The summed E-state index contributed by atoms with van der Waals surface area (Å²) in [6.45, 7) is 2.64. The third-order valence-electron chi connectivity index (χ3n) is 4.57. The van der Waals surface area contributed by atoms with Crippen molar-refractivity contribution in [1.82, 2.24) is 23.6 Å². The van der Waals surface area contributed by atoms with Gasteiger partial charge >= 0.3 is 44.0 Å². The van der Waals surface area contributed by atoms with Crippen LogP contribution in [0.1, 0.15) is 26.7 Å². The number of benzene rings is 1. The Kier molecular flexibility index (Phi) is 15.1. The van der Waals surface area contributed by atoms with E-state index >= 15 is 0 Å². The second-order valence-corrected chi connectivity index (χ2v) is 6.81. The molecular weight excluding hydrogens is 596 g/mol. The molecule has 0 spiro atoms. The molecule has 0 amide bonds. The first-order valence-corrected chi connectivity index (χ1v) is 26.2. The quantitative estimate of drug-likeness (QED) is 0.358. The maximum atomic E-state index is 10.9. The molecule has 0 saturated carbocycles. The molecule has 1 saturated heterocycles. The molecular formula is C21H35IInN5O2. The molecule has 166 valence electrons. The van der Waals surface area contributed by atoms with E-state index in [4.69, 9.17) is 0 Å². The zero-order chi connectivity index (χ0) is 21.8. The Morgan fingerprint density at radius 2 is 1.50 bits per heavy atom. The van der Waals surface area contributed by atoms with Gasteiger partial charge < -0.3 is 14.0 Å². The fraction of sp³-hybridized carbons (Fsp3) is 0.476. The van der Waals surface area contributed by atoms with Gasteiger partial charge in [0.2, 0.25) is 0 Å². The van der Waals surface area contributed by atoms with Crippen molar-refractivity contribution in [2.75, 3.05) is 20.1 Å². The summed E-state index contributed by atoms with van der Waals surface area (Å²) < 4.78 is 4.41. The number of rotatable bonds is 0. The number of aromatic nitrogens is 4. The molecule has 3 heterocycles. The third kappa shape index (κ3) is 9.38. The predicted octanol–water partition coefficient (Wildman–Crippen LogP) is 2.37. The molecule has 0 unspecified atom stereocenters. The van der Waals surface area contributed by atoms with Crippen LogP contribution in [0.15, 0.2) is 52.4 Å². The number of aryl methyl sites for hydroxylation is 2. The molecule has 0 atom stereocenters. The van der Waals surface area contributed by atoms with Gasteiger partial charge in [-0.15, -0.1) is 0 Å². The Morgan fingerprint density at radius 1 is 0.900 bits per heavy atom. The minimum absolute atomic E-state index is 0. The van der Waals surface area contributed by atoms with Gasteiger partial charge in [0.15, 0.2) is 0 Å². The number of hydrogen-bond acceptors (Lipinski definition) is 4. The second kappa shape index (κ2) is 15.7. The summed E-state index contributed by atoms with van der Waals surface area (Å²) in [6.07, 6.45) is 7.55. The van der Waals surface area contributed by atoms with E-state index in [-0.39, 0.29) is 18.7 Å². The monoisotopic (exact) mass is 631 g/mol. The summed E-state index contributed by atoms with van der Waals surface area (Å²) >= 11 is 3.28. The van der Waals surface area contributed by atoms with Crippen molar-refractivity contribution in [3.63, 3.8) is 0 Å². The van der Waals surface area contributed by atoms with E-state index in [1.165, 1.54) is 61.7 Å². The molecule has 1 aliphatic heterocycles. The van der Waals surface area contributed by atoms with E-state index in [0.29, 0.717) is 0 Å². The Morgan fingerprint density at radius 3 is 2.00 bits per heavy atom. The molecule has 9 heteroatoms. The number of halogens is 1. The molecule has 30 heavy (non-hydrogen) atoms. The number of fused-ring (bicyclic) bond motifs is 1. The van der Waals surface area contributed by atoms with E-state index in [1.807, 2.05) is 36.1 Å². The number of para-hydroxylation sites is 2. The van der Waals surface area contributed by atoms with Gasteiger partial charge in [0.1, 0.15) is 0 Å². The standard InChI is InChI=1S/C8H8N2.C6H8N2O2.C6H13N.CH4.HI.In.2H/c1-10-6-9-7-4-2-3-5-8(7)10;1-7-4-3-5(9)8(2)6(7)10;1-7-5-3-2-4-6-7;;;;;/h2-6H,1H3;3-4H,1-2H3;2-6H2,1H3;1H4;1H;;;/q;;;;;+1;;/p-1. The summed E-state index contributed by atoms with van der Waals surface area (Å²) in [5.74, 6) is 0. The Labute approximate surface area is 203 Å². The fourth-order valence-corrected chi connectivity index (χ4v) is 2.82. The summed E-state index contributed by atoms with van der Waals surface area (Å²) in [6, 6.07) is 9.43. The molecule has 0 radical (unpaired) electrons. The van der Waals surface area contributed by atoms with E-state index in [1.54, 1.807) is 7.05 Å². The van der Waals surface area contributed by atoms with Gasteiger partial charge in [0.05, 0.1) is 17.4 Å². The minimum atomic E-state index is -0.299. The first kappa shape index (κ1) is 28.9. The molecule has 3 aromatic rings. The summed E-state index contributed by atoms with van der Waals surface area (Å²) in [7, 11) is 7.24. The zero-order valence-electron chi connectivity index (χ0n) is 18.0. The molecule has 7 nitrogen and oxygen atoms in total. The molecule has 4 rings (SSSR count). The Hall–Kier alpha value is -1.07.